The van der Waals surface area contributed by atoms with E-state index < -0.39 is 5.82 Å². The third kappa shape index (κ3) is 2.33. The van der Waals surface area contributed by atoms with Crippen molar-refractivity contribution >= 4 is 34.2 Å². The molecule has 1 aromatic heterocycles. The van der Waals surface area contributed by atoms with E-state index in [2.05, 4.69) is 4.98 Å². The molecule has 1 fully saturated rings. The largest absolute Gasteiger partial charge is 0.379 e. The Morgan fingerprint density at radius 2 is 2.32 bits per heavy atom. The Balaban J connectivity index is 2.16. The molecule has 1 saturated heterocycles. The van der Waals surface area contributed by atoms with Crippen LogP contribution in [-0.4, -0.2) is 22.8 Å². The Morgan fingerprint density at radius 1 is 1.47 bits per heavy atom. The lowest BCUT2D eigenvalue weighted by molar-refractivity contribution is 0.0597. The quantitative estimate of drug-likeness (QED) is 0.786. The Bertz CT molecular complexity index is 608. The second kappa shape index (κ2) is 5.27. The monoisotopic (exact) mass is 302 g/mol. The molecule has 0 amide bonds. The fourth-order valence-corrected chi connectivity index (χ4v) is 2.92. The summed E-state index contributed by atoms with van der Waals surface area (Å²) < 4.78 is 21.0. The first-order chi connectivity index (χ1) is 9.20. The third-order valence-corrected chi connectivity index (χ3v) is 3.95. The number of alkyl halides is 1. The van der Waals surface area contributed by atoms with Crippen LogP contribution >= 0.6 is 23.2 Å². The minimum Gasteiger partial charge on any atom is -0.379 e. The Kier molecular flexibility index (Phi) is 3.65. The van der Waals surface area contributed by atoms with Crippen molar-refractivity contribution in [1.82, 2.24) is 9.55 Å². The highest BCUT2D eigenvalue weighted by atomic mass is 35.5. The van der Waals surface area contributed by atoms with Crippen molar-refractivity contribution in [3.05, 3.63) is 28.8 Å². The van der Waals surface area contributed by atoms with Crippen LogP contribution < -0.4 is 0 Å². The van der Waals surface area contributed by atoms with Crippen LogP contribution in [0.3, 0.4) is 0 Å². The molecule has 1 aromatic carbocycles. The molecule has 6 heteroatoms. The number of halogens is 3. The van der Waals surface area contributed by atoms with Crippen LogP contribution in [0.25, 0.3) is 11.0 Å². The smallest absolute Gasteiger partial charge is 0.144 e. The maximum absolute atomic E-state index is 13.5. The van der Waals surface area contributed by atoms with Crippen LogP contribution in [0.15, 0.2) is 12.1 Å². The van der Waals surface area contributed by atoms with Gasteiger partial charge in [-0.25, -0.2) is 9.37 Å². The normalized spacial score (nSPS) is 20.1. The predicted octanol–water partition coefficient (Wildman–Crippen LogP) is 3.92. The Morgan fingerprint density at radius 3 is 3.00 bits per heavy atom. The van der Waals surface area contributed by atoms with Crippen molar-refractivity contribution in [3.63, 3.8) is 0 Å². The molecule has 0 spiro atoms. The van der Waals surface area contributed by atoms with Crippen LogP contribution in [0.4, 0.5) is 4.39 Å². The SMILES string of the molecule is Fc1cc2nc(CCl)n(C3CCCOC3)c2cc1Cl. The molecule has 2 aromatic rings. The lowest BCUT2D eigenvalue weighted by Crippen LogP contribution is -2.22. The number of ether oxygens (including phenoxy) is 1. The van der Waals surface area contributed by atoms with Gasteiger partial charge in [0.05, 0.1) is 34.6 Å². The van der Waals surface area contributed by atoms with Gasteiger partial charge in [-0.3, -0.25) is 0 Å². The lowest BCUT2D eigenvalue weighted by atomic mass is 10.1. The van der Waals surface area contributed by atoms with Crippen LogP contribution in [0.1, 0.15) is 24.7 Å². The van der Waals surface area contributed by atoms with E-state index in [1.54, 1.807) is 6.07 Å². The molecule has 0 radical (unpaired) electrons. The zero-order valence-corrected chi connectivity index (χ0v) is 11.7. The summed E-state index contributed by atoms with van der Waals surface area (Å²) in [5.74, 6) is 0.554. The van der Waals surface area contributed by atoms with Crippen molar-refractivity contribution in [2.45, 2.75) is 24.8 Å². The first-order valence-electron chi connectivity index (χ1n) is 6.20. The van der Waals surface area contributed by atoms with Gasteiger partial charge in [-0.05, 0) is 18.9 Å². The molecule has 0 bridgehead atoms. The number of nitrogens with zero attached hydrogens (tertiary/aromatic N) is 2. The molecule has 0 aliphatic carbocycles. The standard InChI is InChI=1S/C13H13Cl2FN2O/c14-6-13-17-11-5-10(16)9(15)4-12(11)18(13)8-2-1-3-19-7-8/h4-5,8H,1-3,6-7H2. The molecular formula is C13H13Cl2FN2O. The summed E-state index contributed by atoms with van der Waals surface area (Å²) in [6.07, 6.45) is 2.01. The molecule has 1 aliphatic rings. The number of hydrogen-bond acceptors (Lipinski definition) is 2. The highest BCUT2D eigenvalue weighted by Crippen LogP contribution is 2.30. The Labute approximate surface area is 120 Å². The zero-order valence-electron chi connectivity index (χ0n) is 10.2. The first kappa shape index (κ1) is 13.2. The van der Waals surface area contributed by atoms with Gasteiger partial charge in [0, 0.05) is 12.7 Å². The fraction of sp³-hybridized carbons (Fsp3) is 0.462. The first-order valence-corrected chi connectivity index (χ1v) is 7.11. The summed E-state index contributed by atoms with van der Waals surface area (Å²) in [5, 5.41) is 0.103. The molecule has 102 valence electrons. The van der Waals surface area contributed by atoms with E-state index in [0.717, 1.165) is 30.8 Å². The second-order valence-corrected chi connectivity index (χ2v) is 5.33. The average Bonchev–Trinajstić information content (AvgIpc) is 2.78. The fourth-order valence-electron chi connectivity index (χ4n) is 2.57. The van der Waals surface area contributed by atoms with Crippen molar-refractivity contribution < 1.29 is 9.13 Å². The summed E-state index contributed by atoms with van der Waals surface area (Å²) >= 11 is 11.8. The molecule has 1 unspecified atom stereocenters. The highest BCUT2D eigenvalue weighted by molar-refractivity contribution is 6.31. The van der Waals surface area contributed by atoms with E-state index in [-0.39, 0.29) is 16.9 Å². The van der Waals surface area contributed by atoms with Gasteiger partial charge in [0.2, 0.25) is 0 Å². The van der Waals surface area contributed by atoms with E-state index in [9.17, 15) is 4.39 Å². The van der Waals surface area contributed by atoms with Gasteiger partial charge >= 0.3 is 0 Å². The summed E-state index contributed by atoms with van der Waals surface area (Å²) in [4.78, 5) is 4.39. The lowest BCUT2D eigenvalue weighted by Gasteiger charge is -2.25. The second-order valence-electron chi connectivity index (χ2n) is 4.66. The summed E-state index contributed by atoms with van der Waals surface area (Å²) in [5.41, 5.74) is 1.40. The molecule has 3 nitrogen and oxygen atoms in total. The number of hydrogen-bond donors (Lipinski definition) is 0. The number of fused-ring (bicyclic) bond motifs is 1. The topological polar surface area (TPSA) is 27.1 Å². The molecule has 0 N–H and O–H groups in total. The maximum atomic E-state index is 13.5. The van der Waals surface area contributed by atoms with E-state index in [1.165, 1.54) is 6.07 Å². The minimum atomic E-state index is -0.458. The van der Waals surface area contributed by atoms with E-state index in [0.29, 0.717) is 12.1 Å². The highest BCUT2D eigenvalue weighted by Gasteiger charge is 2.22. The van der Waals surface area contributed by atoms with Crippen LogP contribution in [0, 0.1) is 5.82 Å². The molecule has 0 saturated carbocycles. The van der Waals surface area contributed by atoms with Gasteiger partial charge in [-0.1, -0.05) is 11.6 Å². The van der Waals surface area contributed by atoms with Crippen LogP contribution in [0.2, 0.25) is 5.02 Å². The summed E-state index contributed by atoms with van der Waals surface area (Å²) in [6.45, 7) is 1.42. The van der Waals surface area contributed by atoms with Gasteiger partial charge in [-0.2, -0.15) is 0 Å². The average molecular weight is 303 g/mol. The summed E-state index contributed by atoms with van der Waals surface area (Å²) in [6, 6.07) is 3.16. The molecule has 3 rings (SSSR count). The van der Waals surface area contributed by atoms with Gasteiger partial charge in [0.1, 0.15) is 11.6 Å². The van der Waals surface area contributed by atoms with E-state index >= 15 is 0 Å². The van der Waals surface area contributed by atoms with E-state index in [4.69, 9.17) is 27.9 Å². The number of benzene rings is 1. The third-order valence-electron chi connectivity index (χ3n) is 3.43. The van der Waals surface area contributed by atoms with Crippen molar-refractivity contribution in [1.29, 1.82) is 0 Å². The van der Waals surface area contributed by atoms with Gasteiger partial charge in [-0.15, -0.1) is 11.6 Å². The summed E-state index contributed by atoms with van der Waals surface area (Å²) in [7, 11) is 0. The molecule has 19 heavy (non-hydrogen) atoms. The van der Waals surface area contributed by atoms with Crippen molar-refractivity contribution in [3.8, 4) is 0 Å². The Hall–Kier alpha value is -0.840. The predicted molar refractivity (Wildman–Crippen MR) is 73.3 cm³/mol. The molecule has 2 heterocycles. The zero-order chi connectivity index (χ0) is 13.4. The van der Waals surface area contributed by atoms with Crippen molar-refractivity contribution in [2.24, 2.45) is 0 Å². The van der Waals surface area contributed by atoms with Gasteiger partial charge in [0.25, 0.3) is 0 Å². The van der Waals surface area contributed by atoms with Gasteiger partial charge < -0.3 is 9.30 Å². The molecular weight excluding hydrogens is 290 g/mol. The molecule has 1 aliphatic heterocycles. The van der Waals surface area contributed by atoms with E-state index in [1.807, 2.05) is 4.57 Å². The van der Waals surface area contributed by atoms with Crippen LogP contribution in [0.5, 0.6) is 0 Å². The number of rotatable bonds is 2. The number of aromatic nitrogens is 2. The number of imidazole rings is 1. The van der Waals surface area contributed by atoms with Crippen molar-refractivity contribution in [2.75, 3.05) is 13.2 Å². The van der Waals surface area contributed by atoms with Crippen LogP contribution in [-0.2, 0) is 10.6 Å². The maximum Gasteiger partial charge on any atom is 0.144 e. The van der Waals surface area contributed by atoms with Gasteiger partial charge in [0.15, 0.2) is 0 Å². The minimum absolute atomic E-state index is 0.103. The molecule has 1 atom stereocenters.